The number of hydrogen-bond donors (Lipinski definition) is 1. The number of pyridine rings is 1. The predicted molar refractivity (Wildman–Crippen MR) is 85.7 cm³/mol. The van der Waals surface area contributed by atoms with Gasteiger partial charge in [-0.15, -0.1) is 0 Å². The number of hydrogen-bond acceptors (Lipinski definition) is 4. The lowest BCUT2D eigenvalue weighted by Crippen LogP contribution is -2.08. The van der Waals surface area contributed by atoms with Crippen molar-refractivity contribution >= 4 is 28.4 Å². The van der Waals surface area contributed by atoms with Crippen molar-refractivity contribution in [3.05, 3.63) is 33.3 Å². The van der Waals surface area contributed by atoms with E-state index in [2.05, 4.69) is 51.4 Å². The van der Waals surface area contributed by atoms with Crippen LogP contribution >= 0.6 is 22.6 Å². The molecule has 100 valence electrons. The molecule has 0 unspecified atom stereocenters. The van der Waals surface area contributed by atoms with Crippen LogP contribution in [0.15, 0.2) is 18.5 Å². The molecule has 0 aliphatic rings. The third kappa shape index (κ3) is 3.20. The molecule has 2 N–H and O–H groups in total. The molecule has 2 rings (SSSR count). The topological polar surface area (TPSA) is 64.7 Å². The molecule has 0 aromatic carbocycles. The van der Waals surface area contributed by atoms with Crippen LogP contribution in [0.4, 0.5) is 5.82 Å². The van der Waals surface area contributed by atoms with Gasteiger partial charge < -0.3 is 5.73 Å². The Morgan fingerprint density at radius 2 is 2.05 bits per heavy atom. The van der Waals surface area contributed by atoms with E-state index in [1.807, 2.05) is 19.2 Å². The molecule has 0 saturated heterocycles. The molecule has 0 atom stereocenters. The molecule has 2 aromatic rings. The van der Waals surface area contributed by atoms with Crippen LogP contribution in [0.25, 0.3) is 11.4 Å². The molecular formula is C14H17IN4. The Hall–Kier alpha value is -1.24. The van der Waals surface area contributed by atoms with E-state index >= 15 is 0 Å². The summed E-state index contributed by atoms with van der Waals surface area (Å²) in [4.78, 5) is 13.2. The molecule has 0 amide bonds. The number of nitrogens with two attached hydrogens (primary N) is 1. The maximum atomic E-state index is 6.01. The Morgan fingerprint density at radius 3 is 2.68 bits per heavy atom. The maximum absolute atomic E-state index is 6.01. The third-order valence-electron chi connectivity index (χ3n) is 2.81. The van der Waals surface area contributed by atoms with Gasteiger partial charge in [0, 0.05) is 18.0 Å². The van der Waals surface area contributed by atoms with Crippen molar-refractivity contribution in [3.8, 4) is 11.4 Å². The van der Waals surface area contributed by atoms with Crippen LogP contribution in [0.1, 0.15) is 25.1 Å². The fraction of sp³-hybridized carbons (Fsp3) is 0.357. The number of aromatic nitrogens is 3. The minimum absolute atomic E-state index is 0.536. The molecule has 5 heteroatoms. The number of nitrogen functional groups attached to an aromatic ring is 1. The highest BCUT2D eigenvalue weighted by atomic mass is 127. The van der Waals surface area contributed by atoms with Gasteiger partial charge in [0.25, 0.3) is 0 Å². The van der Waals surface area contributed by atoms with Crippen molar-refractivity contribution in [2.24, 2.45) is 5.92 Å². The first-order chi connectivity index (χ1) is 8.99. The zero-order chi connectivity index (χ0) is 14.0. The van der Waals surface area contributed by atoms with E-state index in [-0.39, 0.29) is 0 Å². The summed E-state index contributed by atoms with van der Waals surface area (Å²) in [5.41, 5.74) is 9.08. The van der Waals surface area contributed by atoms with E-state index in [0.29, 0.717) is 17.6 Å². The monoisotopic (exact) mass is 368 g/mol. The van der Waals surface area contributed by atoms with Crippen molar-refractivity contribution in [1.82, 2.24) is 15.0 Å². The van der Waals surface area contributed by atoms with Gasteiger partial charge in [0.1, 0.15) is 5.82 Å². The summed E-state index contributed by atoms with van der Waals surface area (Å²) in [5, 5.41) is 0. The van der Waals surface area contributed by atoms with Gasteiger partial charge in [-0.1, -0.05) is 13.8 Å². The molecule has 0 aliphatic carbocycles. The molecule has 2 aromatic heterocycles. The van der Waals surface area contributed by atoms with Gasteiger partial charge in [0.2, 0.25) is 0 Å². The van der Waals surface area contributed by atoms with E-state index in [1.54, 1.807) is 6.20 Å². The molecule has 19 heavy (non-hydrogen) atoms. The van der Waals surface area contributed by atoms with Crippen LogP contribution in [0.3, 0.4) is 0 Å². The smallest absolute Gasteiger partial charge is 0.162 e. The van der Waals surface area contributed by atoms with Crippen molar-refractivity contribution in [2.75, 3.05) is 5.73 Å². The molecule has 4 nitrogen and oxygen atoms in total. The summed E-state index contributed by atoms with van der Waals surface area (Å²) in [6, 6.07) is 1.93. The molecule has 0 saturated carbocycles. The van der Waals surface area contributed by atoms with E-state index in [4.69, 9.17) is 5.73 Å². The SMILES string of the molecule is Cc1cnccc1-c1nc(N)c(I)c(CC(C)C)n1. The van der Waals surface area contributed by atoms with Crippen LogP contribution in [0.5, 0.6) is 0 Å². The molecule has 0 spiro atoms. The number of anilines is 1. The lowest BCUT2D eigenvalue weighted by Gasteiger charge is -2.11. The van der Waals surface area contributed by atoms with Crippen LogP contribution in [-0.4, -0.2) is 15.0 Å². The van der Waals surface area contributed by atoms with Gasteiger partial charge in [-0.2, -0.15) is 0 Å². The third-order valence-corrected chi connectivity index (χ3v) is 3.98. The summed E-state index contributed by atoms with van der Waals surface area (Å²) >= 11 is 2.22. The Bertz CT molecular complexity index is 596. The van der Waals surface area contributed by atoms with Crippen molar-refractivity contribution < 1.29 is 0 Å². The predicted octanol–water partition coefficient (Wildman–Crippen LogP) is 3.23. The minimum Gasteiger partial charge on any atom is -0.383 e. The summed E-state index contributed by atoms with van der Waals surface area (Å²) in [7, 11) is 0. The van der Waals surface area contributed by atoms with Gasteiger partial charge >= 0.3 is 0 Å². The van der Waals surface area contributed by atoms with Gasteiger partial charge in [-0.05, 0) is 53.5 Å². The highest BCUT2D eigenvalue weighted by Gasteiger charge is 2.13. The number of aryl methyl sites for hydroxylation is 1. The first kappa shape index (κ1) is 14.2. The Labute approximate surface area is 127 Å². The standard InChI is InChI=1S/C14H17IN4/c1-8(2)6-11-12(15)13(16)19-14(18-11)10-4-5-17-7-9(10)3/h4-5,7-8H,6H2,1-3H3,(H2,16,18,19). The highest BCUT2D eigenvalue weighted by Crippen LogP contribution is 2.25. The maximum Gasteiger partial charge on any atom is 0.162 e. The largest absolute Gasteiger partial charge is 0.383 e. The Morgan fingerprint density at radius 1 is 1.32 bits per heavy atom. The lowest BCUT2D eigenvalue weighted by atomic mass is 10.1. The summed E-state index contributed by atoms with van der Waals surface area (Å²) < 4.78 is 0.960. The molecule has 0 fully saturated rings. The summed E-state index contributed by atoms with van der Waals surface area (Å²) in [5.74, 6) is 1.78. The highest BCUT2D eigenvalue weighted by molar-refractivity contribution is 14.1. The first-order valence-electron chi connectivity index (χ1n) is 6.22. The molecule has 0 radical (unpaired) electrons. The van der Waals surface area contributed by atoms with E-state index < -0.39 is 0 Å². The van der Waals surface area contributed by atoms with Crippen molar-refractivity contribution in [1.29, 1.82) is 0 Å². The first-order valence-corrected chi connectivity index (χ1v) is 7.29. The van der Waals surface area contributed by atoms with Gasteiger partial charge in [0.15, 0.2) is 5.82 Å². The van der Waals surface area contributed by atoms with Crippen LogP contribution in [-0.2, 0) is 6.42 Å². The van der Waals surface area contributed by atoms with Gasteiger partial charge in [-0.3, -0.25) is 4.98 Å². The van der Waals surface area contributed by atoms with Crippen LogP contribution < -0.4 is 5.73 Å². The quantitative estimate of drug-likeness (QED) is 0.845. The lowest BCUT2D eigenvalue weighted by molar-refractivity contribution is 0.632. The van der Waals surface area contributed by atoms with E-state index in [9.17, 15) is 0 Å². The Balaban J connectivity index is 2.54. The van der Waals surface area contributed by atoms with Crippen molar-refractivity contribution in [3.63, 3.8) is 0 Å². The second-order valence-corrected chi connectivity index (χ2v) is 6.06. The summed E-state index contributed by atoms with van der Waals surface area (Å²) in [6.45, 7) is 6.35. The van der Waals surface area contributed by atoms with Crippen LogP contribution in [0.2, 0.25) is 0 Å². The number of nitrogens with zero attached hydrogens (tertiary/aromatic N) is 3. The minimum atomic E-state index is 0.536. The number of halogens is 1. The normalized spacial score (nSPS) is 11.0. The Kier molecular flexibility index (Phi) is 4.34. The second-order valence-electron chi connectivity index (χ2n) is 4.98. The second kappa shape index (κ2) is 5.81. The molecule has 2 heterocycles. The zero-order valence-corrected chi connectivity index (χ0v) is 13.5. The van der Waals surface area contributed by atoms with Crippen LogP contribution in [0, 0.1) is 16.4 Å². The fourth-order valence-corrected chi connectivity index (χ4v) is 2.34. The average Bonchev–Trinajstić information content (AvgIpc) is 2.35. The van der Waals surface area contributed by atoms with E-state index in [1.165, 1.54) is 0 Å². The van der Waals surface area contributed by atoms with Crippen molar-refractivity contribution in [2.45, 2.75) is 27.2 Å². The molecule has 0 aliphatic heterocycles. The summed E-state index contributed by atoms with van der Waals surface area (Å²) in [6.07, 6.45) is 4.47. The molecule has 0 bridgehead atoms. The van der Waals surface area contributed by atoms with E-state index in [0.717, 1.165) is 26.8 Å². The van der Waals surface area contributed by atoms with Gasteiger partial charge in [0.05, 0.1) is 9.26 Å². The average molecular weight is 368 g/mol. The fourth-order valence-electron chi connectivity index (χ4n) is 1.88. The zero-order valence-electron chi connectivity index (χ0n) is 11.3. The van der Waals surface area contributed by atoms with Gasteiger partial charge in [-0.25, -0.2) is 9.97 Å². The number of rotatable bonds is 3. The molecular weight excluding hydrogens is 351 g/mol.